The van der Waals surface area contributed by atoms with Crippen LogP contribution in [0.1, 0.15) is 6.92 Å². The van der Waals surface area contributed by atoms with E-state index in [2.05, 4.69) is 17.0 Å². The van der Waals surface area contributed by atoms with Crippen molar-refractivity contribution in [3.63, 3.8) is 0 Å². The minimum absolute atomic E-state index is 0.646. The molecular formula is C6H11N3. The Balaban J connectivity index is 3.80. The largest absolute Gasteiger partial charge is 0.370 e. The third kappa shape index (κ3) is 3.46. The van der Waals surface area contributed by atoms with Crippen LogP contribution in [0.25, 0.3) is 0 Å². The molecular weight excluding hydrogens is 114 g/mol. The minimum Gasteiger partial charge on any atom is -0.370 e. The summed E-state index contributed by atoms with van der Waals surface area (Å²) in [7, 11) is 0. The predicted molar refractivity (Wildman–Crippen MR) is 40.1 cm³/mol. The van der Waals surface area contributed by atoms with Crippen molar-refractivity contribution in [1.82, 2.24) is 5.32 Å². The summed E-state index contributed by atoms with van der Waals surface area (Å²) >= 11 is 0. The zero-order valence-corrected chi connectivity index (χ0v) is 5.52. The van der Waals surface area contributed by atoms with Crippen LogP contribution in [0.2, 0.25) is 0 Å². The monoisotopic (exact) mass is 125 g/mol. The maximum atomic E-state index is 6.69. The van der Waals surface area contributed by atoms with E-state index in [1.165, 1.54) is 6.21 Å². The molecule has 0 aromatic rings. The Labute approximate surface area is 55.0 Å². The van der Waals surface area contributed by atoms with E-state index in [1.54, 1.807) is 6.08 Å². The Morgan fingerprint density at radius 1 is 1.89 bits per heavy atom. The van der Waals surface area contributed by atoms with Crippen LogP contribution in [0.3, 0.4) is 0 Å². The highest BCUT2D eigenvalue weighted by Gasteiger charge is 1.82. The molecule has 0 aromatic carbocycles. The van der Waals surface area contributed by atoms with Crippen molar-refractivity contribution in [1.29, 1.82) is 5.41 Å². The Bertz CT molecular complexity index is 126. The SMILES string of the molecule is C=N/C(=C\C=N)NCC. The summed E-state index contributed by atoms with van der Waals surface area (Å²) in [5, 5.41) is 9.60. The highest BCUT2D eigenvalue weighted by atomic mass is 15.0. The lowest BCUT2D eigenvalue weighted by Gasteiger charge is -1.98. The summed E-state index contributed by atoms with van der Waals surface area (Å²) in [5.41, 5.74) is 0. The first-order chi connectivity index (χ1) is 4.35. The second-order valence-electron chi connectivity index (χ2n) is 1.41. The lowest BCUT2D eigenvalue weighted by molar-refractivity contribution is 0.845. The number of hydrogen-bond acceptors (Lipinski definition) is 3. The second kappa shape index (κ2) is 5.03. The number of allylic oxidation sites excluding steroid dienone is 1. The van der Waals surface area contributed by atoms with Gasteiger partial charge in [-0.25, -0.2) is 4.99 Å². The Morgan fingerprint density at radius 2 is 2.56 bits per heavy atom. The maximum absolute atomic E-state index is 6.69. The molecule has 0 bridgehead atoms. The normalized spacial score (nSPS) is 10.6. The van der Waals surface area contributed by atoms with Gasteiger partial charge in [-0.3, -0.25) is 0 Å². The van der Waals surface area contributed by atoms with Gasteiger partial charge in [-0.15, -0.1) is 0 Å². The lowest BCUT2D eigenvalue weighted by Crippen LogP contribution is -2.09. The van der Waals surface area contributed by atoms with Crippen molar-refractivity contribution in [2.24, 2.45) is 4.99 Å². The predicted octanol–water partition coefficient (Wildman–Crippen LogP) is 0.787. The molecule has 0 radical (unpaired) electrons. The van der Waals surface area contributed by atoms with Crippen molar-refractivity contribution in [2.75, 3.05) is 6.54 Å². The molecule has 3 nitrogen and oxygen atoms in total. The molecule has 0 saturated heterocycles. The topological polar surface area (TPSA) is 48.2 Å². The summed E-state index contributed by atoms with van der Waals surface area (Å²) in [6, 6.07) is 0. The van der Waals surface area contributed by atoms with E-state index >= 15 is 0 Å². The van der Waals surface area contributed by atoms with Crippen LogP contribution < -0.4 is 5.32 Å². The van der Waals surface area contributed by atoms with Crippen LogP contribution in [0.5, 0.6) is 0 Å². The second-order valence-corrected chi connectivity index (χ2v) is 1.41. The van der Waals surface area contributed by atoms with Crippen LogP contribution in [0.4, 0.5) is 0 Å². The van der Waals surface area contributed by atoms with Crippen molar-refractivity contribution >= 4 is 12.9 Å². The fraction of sp³-hybridized carbons (Fsp3) is 0.333. The van der Waals surface area contributed by atoms with Gasteiger partial charge in [0.05, 0.1) is 0 Å². The first kappa shape index (κ1) is 7.88. The molecule has 0 aliphatic carbocycles. The summed E-state index contributed by atoms with van der Waals surface area (Å²) in [6.45, 7) is 6.08. The van der Waals surface area contributed by atoms with Crippen molar-refractivity contribution in [2.45, 2.75) is 6.92 Å². The zero-order valence-electron chi connectivity index (χ0n) is 5.52. The molecule has 0 heterocycles. The van der Waals surface area contributed by atoms with Crippen molar-refractivity contribution < 1.29 is 0 Å². The highest BCUT2D eigenvalue weighted by Crippen LogP contribution is 1.84. The van der Waals surface area contributed by atoms with Gasteiger partial charge in [0.15, 0.2) is 0 Å². The summed E-state index contributed by atoms with van der Waals surface area (Å²) in [4.78, 5) is 3.62. The number of nitrogens with zero attached hydrogens (tertiary/aromatic N) is 1. The van der Waals surface area contributed by atoms with Gasteiger partial charge >= 0.3 is 0 Å². The van der Waals surface area contributed by atoms with Crippen LogP contribution in [0, 0.1) is 5.41 Å². The summed E-state index contributed by atoms with van der Waals surface area (Å²) < 4.78 is 0. The van der Waals surface area contributed by atoms with Crippen LogP contribution in [-0.2, 0) is 0 Å². The molecule has 0 fully saturated rings. The molecule has 0 atom stereocenters. The Hall–Kier alpha value is -1.12. The van der Waals surface area contributed by atoms with Crippen LogP contribution in [0.15, 0.2) is 16.9 Å². The molecule has 9 heavy (non-hydrogen) atoms. The van der Waals surface area contributed by atoms with Gasteiger partial charge in [-0.05, 0) is 19.7 Å². The van der Waals surface area contributed by atoms with E-state index in [0.717, 1.165) is 6.54 Å². The van der Waals surface area contributed by atoms with Crippen LogP contribution in [-0.4, -0.2) is 19.5 Å². The minimum atomic E-state index is 0.646. The molecule has 0 spiro atoms. The summed E-state index contributed by atoms with van der Waals surface area (Å²) in [6.07, 6.45) is 2.73. The van der Waals surface area contributed by atoms with E-state index in [4.69, 9.17) is 5.41 Å². The van der Waals surface area contributed by atoms with Gasteiger partial charge < -0.3 is 10.7 Å². The van der Waals surface area contributed by atoms with Gasteiger partial charge in [-0.2, -0.15) is 0 Å². The third-order valence-electron chi connectivity index (χ3n) is 0.769. The fourth-order valence-electron chi connectivity index (χ4n) is 0.428. The van der Waals surface area contributed by atoms with E-state index in [0.29, 0.717) is 5.82 Å². The smallest absolute Gasteiger partial charge is 0.126 e. The number of aliphatic imine (C=N–C) groups is 1. The zero-order chi connectivity index (χ0) is 7.11. The number of rotatable bonds is 4. The van der Waals surface area contributed by atoms with Gasteiger partial charge in [-0.1, -0.05) is 0 Å². The van der Waals surface area contributed by atoms with E-state index < -0.39 is 0 Å². The van der Waals surface area contributed by atoms with E-state index in [9.17, 15) is 0 Å². The van der Waals surface area contributed by atoms with E-state index in [1.807, 2.05) is 6.92 Å². The van der Waals surface area contributed by atoms with Crippen LogP contribution >= 0.6 is 0 Å². The number of nitrogens with one attached hydrogen (secondary N) is 2. The number of hydrogen-bond donors (Lipinski definition) is 2. The highest BCUT2D eigenvalue weighted by molar-refractivity contribution is 5.68. The molecule has 2 N–H and O–H groups in total. The van der Waals surface area contributed by atoms with Crippen molar-refractivity contribution in [3.05, 3.63) is 11.9 Å². The van der Waals surface area contributed by atoms with Gasteiger partial charge in [0.1, 0.15) is 5.82 Å². The molecule has 0 saturated carbocycles. The van der Waals surface area contributed by atoms with Gasteiger partial charge in [0.25, 0.3) is 0 Å². The van der Waals surface area contributed by atoms with Gasteiger partial charge in [0, 0.05) is 12.8 Å². The third-order valence-corrected chi connectivity index (χ3v) is 0.769. The average Bonchev–Trinajstić information content (AvgIpc) is 1.88. The van der Waals surface area contributed by atoms with E-state index in [-0.39, 0.29) is 0 Å². The Kier molecular flexibility index (Phi) is 4.40. The molecule has 0 unspecified atom stereocenters. The molecule has 0 aliphatic rings. The quantitative estimate of drug-likeness (QED) is 0.536. The first-order valence-electron chi connectivity index (χ1n) is 2.76. The maximum Gasteiger partial charge on any atom is 0.126 e. The Morgan fingerprint density at radius 3 is 2.89 bits per heavy atom. The lowest BCUT2D eigenvalue weighted by atomic mass is 10.5. The summed E-state index contributed by atoms with van der Waals surface area (Å²) in [5.74, 6) is 0.646. The average molecular weight is 125 g/mol. The molecule has 3 heteroatoms. The van der Waals surface area contributed by atoms with Gasteiger partial charge in [0.2, 0.25) is 0 Å². The standard InChI is InChI=1S/C6H11N3/c1-3-9-6(8-2)4-5-7/h4-5,7,9H,2-3H2,1H3/b6-4+,7-5?. The molecule has 0 rings (SSSR count). The molecule has 0 aliphatic heterocycles. The molecule has 0 aromatic heterocycles. The fourth-order valence-corrected chi connectivity index (χ4v) is 0.428. The molecule has 50 valence electrons. The van der Waals surface area contributed by atoms with Crippen molar-refractivity contribution in [3.8, 4) is 0 Å². The first-order valence-corrected chi connectivity index (χ1v) is 2.76. The molecule has 0 amide bonds.